The van der Waals surface area contributed by atoms with E-state index in [9.17, 15) is 9.50 Å². The van der Waals surface area contributed by atoms with Crippen molar-refractivity contribution in [3.05, 3.63) is 30.1 Å². The molecule has 0 saturated heterocycles. The average molecular weight is 239 g/mol. The molecule has 0 bridgehead atoms. The van der Waals surface area contributed by atoms with Crippen LogP contribution in [0.5, 0.6) is 0 Å². The minimum Gasteiger partial charge on any atom is -0.394 e. The highest BCUT2D eigenvalue weighted by atomic mass is 19.1. The van der Waals surface area contributed by atoms with Crippen LogP contribution in [0.2, 0.25) is 0 Å². The Kier molecular flexibility index (Phi) is 3.64. The van der Waals surface area contributed by atoms with Crippen LogP contribution in [0, 0.1) is 11.7 Å². The van der Waals surface area contributed by atoms with E-state index < -0.39 is 5.54 Å². The molecule has 4 heteroatoms. The molecule has 1 aromatic rings. The van der Waals surface area contributed by atoms with E-state index >= 15 is 0 Å². The number of halogens is 1. The van der Waals surface area contributed by atoms with Gasteiger partial charge in [-0.15, -0.1) is 0 Å². The van der Waals surface area contributed by atoms with Gasteiger partial charge >= 0.3 is 0 Å². The Morgan fingerprint density at radius 1 is 1.47 bits per heavy atom. The minimum absolute atomic E-state index is 0.0557. The highest BCUT2D eigenvalue weighted by molar-refractivity contribution is 5.47. The summed E-state index contributed by atoms with van der Waals surface area (Å²) in [4.78, 5) is 0. The van der Waals surface area contributed by atoms with Gasteiger partial charge in [-0.1, -0.05) is 12.1 Å². The molecule has 3 nitrogen and oxygen atoms in total. The molecule has 0 amide bonds. The Morgan fingerprint density at radius 3 is 2.71 bits per heavy atom. The number of rotatable bonds is 6. The Hall–Kier alpha value is -1.13. The van der Waals surface area contributed by atoms with Crippen molar-refractivity contribution in [1.82, 2.24) is 0 Å². The van der Waals surface area contributed by atoms with Gasteiger partial charge < -0.3 is 15.2 Å². The predicted molar refractivity (Wildman–Crippen MR) is 64.4 cm³/mol. The van der Waals surface area contributed by atoms with Crippen LogP contribution in [-0.2, 0) is 4.74 Å². The molecule has 0 spiro atoms. The average Bonchev–Trinajstić information content (AvgIpc) is 3.15. The van der Waals surface area contributed by atoms with Gasteiger partial charge in [0.25, 0.3) is 0 Å². The summed E-state index contributed by atoms with van der Waals surface area (Å²) in [6, 6.07) is 6.50. The number of para-hydroxylation sites is 1. The van der Waals surface area contributed by atoms with E-state index in [1.54, 1.807) is 25.3 Å². The third-order valence-corrected chi connectivity index (χ3v) is 3.30. The first-order valence-electron chi connectivity index (χ1n) is 5.84. The highest BCUT2D eigenvalue weighted by Crippen LogP contribution is 2.41. The van der Waals surface area contributed by atoms with Crippen LogP contribution in [0.25, 0.3) is 0 Å². The first-order valence-corrected chi connectivity index (χ1v) is 5.84. The van der Waals surface area contributed by atoms with Crippen LogP contribution in [0.3, 0.4) is 0 Å². The summed E-state index contributed by atoms with van der Waals surface area (Å²) in [6.45, 7) is 0.322. The Labute approximate surface area is 101 Å². The fourth-order valence-electron chi connectivity index (χ4n) is 2.19. The van der Waals surface area contributed by atoms with Crippen molar-refractivity contribution < 1.29 is 14.2 Å². The van der Waals surface area contributed by atoms with Crippen molar-refractivity contribution in [2.24, 2.45) is 5.92 Å². The molecule has 0 aliphatic heterocycles. The van der Waals surface area contributed by atoms with Crippen LogP contribution in [0.1, 0.15) is 12.8 Å². The molecule has 1 fully saturated rings. The van der Waals surface area contributed by atoms with Gasteiger partial charge in [-0.2, -0.15) is 0 Å². The van der Waals surface area contributed by atoms with Crippen molar-refractivity contribution in [3.8, 4) is 0 Å². The van der Waals surface area contributed by atoms with Crippen molar-refractivity contribution in [1.29, 1.82) is 0 Å². The number of hydrogen-bond acceptors (Lipinski definition) is 3. The number of nitrogens with one attached hydrogen (secondary N) is 1. The molecule has 1 atom stereocenters. The van der Waals surface area contributed by atoms with Crippen LogP contribution >= 0.6 is 0 Å². The normalized spacial score (nSPS) is 18.8. The second kappa shape index (κ2) is 5.02. The number of aliphatic hydroxyl groups is 1. The van der Waals surface area contributed by atoms with Crippen LogP contribution in [0.4, 0.5) is 10.1 Å². The summed E-state index contributed by atoms with van der Waals surface area (Å²) in [5.41, 5.74) is -0.137. The van der Waals surface area contributed by atoms with E-state index in [-0.39, 0.29) is 12.4 Å². The van der Waals surface area contributed by atoms with Crippen molar-refractivity contribution in [3.63, 3.8) is 0 Å². The van der Waals surface area contributed by atoms with Crippen molar-refractivity contribution >= 4 is 5.69 Å². The zero-order valence-electron chi connectivity index (χ0n) is 9.95. The summed E-state index contributed by atoms with van der Waals surface area (Å²) >= 11 is 0. The SMILES string of the molecule is COCC(CO)(Nc1ccccc1F)C1CC1. The number of ether oxygens (including phenoxy) is 1. The Bertz CT molecular complexity index is 381. The maximum Gasteiger partial charge on any atom is 0.146 e. The summed E-state index contributed by atoms with van der Waals surface area (Å²) in [5.74, 6) is 0.0501. The lowest BCUT2D eigenvalue weighted by Gasteiger charge is -2.33. The second-order valence-electron chi connectivity index (χ2n) is 4.63. The van der Waals surface area contributed by atoms with E-state index in [1.807, 2.05) is 0 Å². The molecule has 1 aromatic carbocycles. The minimum atomic E-state index is -0.559. The molecule has 1 saturated carbocycles. The smallest absolute Gasteiger partial charge is 0.146 e. The van der Waals surface area contributed by atoms with E-state index in [0.717, 1.165) is 12.8 Å². The lowest BCUT2D eigenvalue weighted by molar-refractivity contribution is 0.0860. The predicted octanol–water partition coefficient (Wildman–Crippen LogP) is 2.03. The molecular weight excluding hydrogens is 221 g/mol. The molecule has 1 aliphatic carbocycles. The lowest BCUT2D eigenvalue weighted by Crippen LogP contribution is -2.48. The van der Waals surface area contributed by atoms with Crippen molar-refractivity contribution in [2.75, 3.05) is 25.6 Å². The van der Waals surface area contributed by atoms with Gasteiger partial charge in [0, 0.05) is 7.11 Å². The molecule has 2 N–H and O–H groups in total. The van der Waals surface area contributed by atoms with Gasteiger partial charge in [0.2, 0.25) is 0 Å². The van der Waals surface area contributed by atoms with Crippen molar-refractivity contribution in [2.45, 2.75) is 18.4 Å². The summed E-state index contributed by atoms with van der Waals surface area (Å²) in [7, 11) is 1.59. The van der Waals surface area contributed by atoms with Crippen LogP contribution in [0.15, 0.2) is 24.3 Å². The number of anilines is 1. The maximum atomic E-state index is 13.6. The molecule has 17 heavy (non-hydrogen) atoms. The van der Waals surface area contributed by atoms with Gasteiger partial charge in [-0.05, 0) is 30.9 Å². The van der Waals surface area contributed by atoms with E-state index in [2.05, 4.69) is 5.32 Å². The number of hydrogen-bond donors (Lipinski definition) is 2. The molecule has 0 aromatic heterocycles. The fourth-order valence-corrected chi connectivity index (χ4v) is 2.19. The molecule has 1 unspecified atom stereocenters. The second-order valence-corrected chi connectivity index (χ2v) is 4.63. The van der Waals surface area contributed by atoms with E-state index in [1.165, 1.54) is 6.07 Å². The molecule has 0 radical (unpaired) electrons. The van der Waals surface area contributed by atoms with Crippen LogP contribution in [-0.4, -0.2) is 31.0 Å². The largest absolute Gasteiger partial charge is 0.394 e. The zero-order chi connectivity index (χ0) is 12.3. The summed E-state index contributed by atoms with van der Waals surface area (Å²) in [5, 5.41) is 12.7. The molecule has 1 aliphatic rings. The van der Waals surface area contributed by atoms with Crippen LogP contribution < -0.4 is 5.32 Å². The first kappa shape index (κ1) is 12.3. The third-order valence-electron chi connectivity index (χ3n) is 3.30. The maximum absolute atomic E-state index is 13.6. The van der Waals surface area contributed by atoms with Gasteiger partial charge in [-0.25, -0.2) is 4.39 Å². The molecule has 0 heterocycles. The van der Waals surface area contributed by atoms with Gasteiger partial charge in [-0.3, -0.25) is 0 Å². The Balaban J connectivity index is 2.20. The highest BCUT2D eigenvalue weighted by Gasteiger charge is 2.45. The van der Waals surface area contributed by atoms with E-state index in [4.69, 9.17) is 4.74 Å². The lowest BCUT2D eigenvalue weighted by atomic mass is 9.94. The van der Waals surface area contributed by atoms with Gasteiger partial charge in [0.05, 0.1) is 24.4 Å². The number of benzene rings is 1. The Morgan fingerprint density at radius 2 is 2.18 bits per heavy atom. The number of methoxy groups -OCH3 is 1. The first-order chi connectivity index (χ1) is 8.22. The molecule has 94 valence electrons. The van der Waals surface area contributed by atoms with Gasteiger partial charge in [0.1, 0.15) is 5.82 Å². The summed E-state index contributed by atoms with van der Waals surface area (Å²) in [6.07, 6.45) is 2.09. The fraction of sp³-hybridized carbons (Fsp3) is 0.538. The standard InChI is InChI=1S/C13H18FNO2/c1-17-9-13(8-16,10-6-7-10)15-12-5-3-2-4-11(12)14/h2-5,10,15-16H,6-9H2,1H3. The van der Waals surface area contributed by atoms with E-state index in [0.29, 0.717) is 18.2 Å². The monoisotopic (exact) mass is 239 g/mol. The quantitative estimate of drug-likeness (QED) is 0.798. The number of aliphatic hydroxyl groups excluding tert-OH is 1. The zero-order valence-corrected chi connectivity index (χ0v) is 9.95. The third kappa shape index (κ3) is 2.58. The molecule has 2 rings (SSSR count). The summed E-state index contributed by atoms with van der Waals surface area (Å²) < 4.78 is 18.8. The topological polar surface area (TPSA) is 41.5 Å². The molecular formula is C13H18FNO2. The van der Waals surface area contributed by atoms with Gasteiger partial charge in [0.15, 0.2) is 0 Å².